The monoisotopic (exact) mass is 240 g/mol. The Labute approximate surface area is 106 Å². The summed E-state index contributed by atoms with van der Waals surface area (Å²) in [6.07, 6.45) is 9.92. The van der Waals surface area contributed by atoms with E-state index in [9.17, 15) is 4.79 Å². The lowest BCUT2D eigenvalue weighted by molar-refractivity contribution is -0.135. The second kappa shape index (κ2) is 8.51. The lowest BCUT2D eigenvalue weighted by Crippen LogP contribution is -2.49. The summed E-state index contributed by atoms with van der Waals surface area (Å²) in [5, 5.41) is 3.11. The van der Waals surface area contributed by atoms with Crippen molar-refractivity contribution in [2.75, 3.05) is 20.1 Å². The first-order valence-corrected chi connectivity index (χ1v) is 7.25. The van der Waals surface area contributed by atoms with Crippen LogP contribution in [0, 0.1) is 0 Å². The van der Waals surface area contributed by atoms with Crippen LogP contribution in [0.4, 0.5) is 0 Å². The van der Waals surface area contributed by atoms with Gasteiger partial charge in [-0.25, -0.2) is 0 Å². The van der Waals surface area contributed by atoms with Crippen molar-refractivity contribution in [2.45, 2.75) is 64.3 Å². The zero-order valence-corrected chi connectivity index (χ0v) is 11.5. The summed E-state index contributed by atoms with van der Waals surface area (Å²) in [7, 11) is 1.89. The van der Waals surface area contributed by atoms with Gasteiger partial charge in [0.25, 0.3) is 0 Å². The third-order valence-corrected chi connectivity index (χ3v) is 3.66. The number of carbonyl (C=O) groups is 1. The molecule has 0 aromatic heterocycles. The Morgan fingerprint density at radius 1 is 1.24 bits per heavy atom. The van der Waals surface area contributed by atoms with Crippen LogP contribution in [0.25, 0.3) is 0 Å². The number of carbonyl (C=O) groups excluding carboxylic acids is 1. The summed E-state index contributed by atoms with van der Waals surface area (Å²) in [5.41, 5.74) is 0. The number of unbranched alkanes of at least 4 members (excludes halogenated alkanes) is 5. The minimum atomic E-state index is 0.0730. The molecule has 1 aliphatic heterocycles. The van der Waals surface area contributed by atoms with E-state index in [1.165, 1.54) is 38.5 Å². The number of likely N-dealkylation sites (tertiary alicyclic amines) is 1. The van der Waals surface area contributed by atoms with Crippen molar-refractivity contribution in [3.05, 3.63) is 0 Å². The Balaban J connectivity index is 2.11. The number of nitrogens with one attached hydrogen (secondary N) is 1. The van der Waals surface area contributed by atoms with Gasteiger partial charge in [-0.3, -0.25) is 4.79 Å². The molecule has 0 aromatic carbocycles. The number of likely N-dealkylation sites (N-methyl/N-ethyl adjacent to an activating group) is 1. The molecule has 3 heteroatoms. The van der Waals surface area contributed by atoms with Crippen molar-refractivity contribution in [1.82, 2.24) is 10.2 Å². The van der Waals surface area contributed by atoms with Crippen molar-refractivity contribution < 1.29 is 4.79 Å². The third kappa shape index (κ3) is 5.07. The zero-order chi connectivity index (χ0) is 12.5. The fraction of sp³-hybridized carbons (Fsp3) is 0.929. The molecule has 0 bridgehead atoms. The van der Waals surface area contributed by atoms with Crippen LogP contribution in [0.5, 0.6) is 0 Å². The van der Waals surface area contributed by atoms with E-state index in [0.29, 0.717) is 5.91 Å². The van der Waals surface area contributed by atoms with Gasteiger partial charge >= 0.3 is 0 Å². The van der Waals surface area contributed by atoms with Crippen LogP contribution >= 0.6 is 0 Å². The number of nitrogens with zero attached hydrogens (tertiary/aromatic N) is 1. The summed E-state index contributed by atoms with van der Waals surface area (Å²) in [6, 6.07) is 0.0730. The quantitative estimate of drug-likeness (QED) is 0.661. The lowest BCUT2D eigenvalue weighted by atomic mass is 10.0. The van der Waals surface area contributed by atoms with Gasteiger partial charge in [-0.15, -0.1) is 0 Å². The van der Waals surface area contributed by atoms with E-state index >= 15 is 0 Å². The standard InChI is InChI=1S/C14H28N2O/c1-3-4-5-6-7-8-11-16-12-9-10-13(15-2)14(16)17/h13,15H,3-12H2,1-2H3. The first-order chi connectivity index (χ1) is 8.29. The van der Waals surface area contributed by atoms with Crippen molar-refractivity contribution >= 4 is 5.91 Å². The molecule has 1 rings (SSSR count). The molecule has 1 saturated heterocycles. The number of hydrogen-bond acceptors (Lipinski definition) is 2. The highest BCUT2D eigenvalue weighted by Gasteiger charge is 2.26. The molecule has 0 aliphatic carbocycles. The van der Waals surface area contributed by atoms with E-state index in [0.717, 1.165) is 25.9 Å². The van der Waals surface area contributed by atoms with E-state index in [1.54, 1.807) is 0 Å². The smallest absolute Gasteiger partial charge is 0.239 e. The van der Waals surface area contributed by atoms with Gasteiger partial charge in [-0.1, -0.05) is 39.0 Å². The molecule has 0 saturated carbocycles. The van der Waals surface area contributed by atoms with E-state index < -0.39 is 0 Å². The minimum Gasteiger partial charge on any atom is -0.341 e. The predicted octanol–water partition coefficient (Wildman–Crippen LogP) is 2.56. The first kappa shape index (κ1) is 14.5. The fourth-order valence-corrected chi connectivity index (χ4v) is 2.51. The number of rotatable bonds is 8. The molecular formula is C14H28N2O. The largest absolute Gasteiger partial charge is 0.341 e. The minimum absolute atomic E-state index is 0.0730. The maximum atomic E-state index is 12.0. The average molecular weight is 240 g/mol. The summed E-state index contributed by atoms with van der Waals surface area (Å²) >= 11 is 0. The Morgan fingerprint density at radius 2 is 1.94 bits per heavy atom. The highest BCUT2D eigenvalue weighted by molar-refractivity contribution is 5.82. The van der Waals surface area contributed by atoms with E-state index in [2.05, 4.69) is 12.2 Å². The first-order valence-electron chi connectivity index (χ1n) is 7.25. The Hall–Kier alpha value is -0.570. The van der Waals surface area contributed by atoms with Crippen LogP contribution < -0.4 is 5.32 Å². The molecule has 100 valence electrons. The second-order valence-electron chi connectivity index (χ2n) is 5.08. The second-order valence-corrected chi connectivity index (χ2v) is 5.08. The maximum Gasteiger partial charge on any atom is 0.239 e. The van der Waals surface area contributed by atoms with Gasteiger partial charge in [0, 0.05) is 13.1 Å². The maximum absolute atomic E-state index is 12.0. The van der Waals surface area contributed by atoms with E-state index in [1.807, 2.05) is 11.9 Å². The summed E-state index contributed by atoms with van der Waals surface area (Å²) in [5.74, 6) is 0.312. The van der Waals surface area contributed by atoms with Crippen molar-refractivity contribution in [2.24, 2.45) is 0 Å². The predicted molar refractivity (Wildman–Crippen MR) is 72.0 cm³/mol. The van der Waals surface area contributed by atoms with Gasteiger partial charge in [0.05, 0.1) is 6.04 Å². The normalized spacial score (nSPS) is 20.9. The van der Waals surface area contributed by atoms with Crippen molar-refractivity contribution in [3.8, 4) is 0 Å². The molecule has 3 nitrogen and oxygen atoms in total. The van der Waals surface area contributed by atoms with Crippen LogP contribution in [0.1, 0.15) is 58.3 Å². The molecule has 1 unspecified atom stereocenters. The van der Waals surface area contributed by atoms with Crippen LogP contribution in [0.2, 0.25) is 0 Å². The molecule has 17 heavy (non-hydrogen) atoms. The van der Waals surface area contributed by atoms with E-state index in [-0.39, 0.29) is 6.04 Å². The highest BCUT2D eigenvalue weighted by Crippen LogP contribution is 2.13. The van der Waals surface area contributed by atoms with Gasteiger partial charge in [0.1, 0.15) is 0 Å². The van der Waals surface area contributed by atoms with Crippen LogP contribution in [0.3, 0.4) is 0 Å². The van der Waals surface area contributed by atoms with Gasteiger partial charge in [0.15, 0.2) is 0 Å². The van der Waals surface area contributed by atoms with Gasteiger partial charge in [0.2, 0.25) is 5.91 Å². The van der Waals surface area contributed by atoms with Crippen LogP contribution in [-0.2, 0) is 4.79 Å². The number of hydrogen-bond donors (Lipinski definition) is 1. The average Bonchev–Trinajstić information content (AvgIpc) is 2.35. The summed E-state index contributed by atoms with van der Waals surface area (Å²) in [6.45, 7) is 4.17. The van der Waals surface area contributed by atoms with Gasteiger partial charge in [-0.05, 0) is 26.3 Å². The van der Waals surface area contributed by atoms with Crippen LogP contribution in [0.15, 0.2) is 0 Å². The molecule has 0 spiro atoms. The molecule has 1 aliphatic rings. The Morgan fingerprint density at radius 3 is 2.65 bits per heavy atom. The molecule has 1 heterocycles. The Kier molecular flexibility index (Phi) is 7.25. The van der Waals surface area contributed by atoms with Gasteiger partial charge < -0.3 is 10.2 Å². The Bertz CT molecular complexity index is 218. The molecule has 0 aromatic rings. The van der Waals surface area contributed by atoms with Crippen LogP contribution in [-0.4, -0.2) is 37.0 Å². The van der Waals surface area contributed by atoms with E-state index in [4.69, 9.17) is 0 Å². The highest BCUT2D eigenvalue weighted by atomic mass is 16.2. The third-order valence-electron chi connectivity index (χ3n) is 3.66. The molecule has 1 atom stereocenters. The number of piperidine rings is 1. The lowest BCUT2D eigenvalue weighted by Gasteiger charge is -2.32. The SMILES string of the molecule is CCCCCCCCN1CCCC(NC)C1=O. The topological polar surface area (TPSA) is 32.3 Å². The zero-order valence-electron chi connectivity index (χ0n) is 11.5. The molecule has 1 N–H and O–H groups in total. The summed E-state index contributed by atoms with van der Waals surface area (Å²) < 4.78 is 0. The number of amides is 1. The summed E-state index contributed by atoms with van der Waals surface area (Å²) in [4.78, 5) is 14.0. The molecule has 1 fully saturated rings. The fourth-order valence-electron chi connectivity index (χ4n) is 2.51. The van der Waals surface area contributed by atoms with Gasteiger partial charge in [-0.2, -0.15) is 0 Å². The van der Waals surface area contributed by atoms with Crippen molar-refractivity contribution in [1.29, 1.82) is 0 Å². The molecule has 1 amide bonds. The molecular weight excluding hydrogens is 212 g/mol. The molecule has 0 radical (unpaired) electrons. The van der Waals surface area contributed by atoms with Crippen molar-refractivity contribution in [3.63, 3.8) is 0 Å².